The third kappa shape index (κ3) is 2.53. The zero-order chi connectivity index (χ0) is 11.4. The number of piperidine rings is 1. The third-order valence-electron chi connectivity index (χ3n) is 3.25. The molecule has 88 valence electrons. The van der Waals surface area contributed by atoms with Crippen molar-refractivity contribution in [3.8, 4) is 5.75 Å². The lowest BCUT2D eigenvalue weighted by Gasteiger charge is -2.23. The van der Waals surface area contributed by atoms with E-state index in [2.05, 4.69) is 5.32 Å². The van der Waals surface area contributed by atoms with Crippen molar-refractivity contribution in [1.29, 1.82) is 0 Å². The van der Waals surface area contributed by atoms with E-state index in [0.29, 0.717) is 11.7 Å². The fraction of sp³-hybridized carbons (Fsp3) is 0.538. The minimum atomic E-state index is -0.141. The molecule has 0 aliphatic carbocycles. The second kappa shape index (κ2) is 5.30. The highest BCUT2D eigenvalue weighted by Crippen LogP contribution is 2.27. The SMILES string of the molecule is COc1cccc(F)c1CC1CCNCC1. The van der Waals surface area contributed by atoms with Crippen LogP contribution in [0.5, 0.6) is 5.75 Å². The number of hydrogen-bond acceptors (Lipinski definition) is 2. The maximum Gasteiger partial charge on any atom is 0.130 e. The molecule has 0 saturated carbocycles. The molecule has 2 nitrogen and oxygen atoms in total. The van der Waals surface area contributed by atoms with Gasteiger partial charge in [0.05, 0.1) is 7.11 Å². The molecular weight excluding hydrogens is 205 g/mol. The van der Waals surface area contributed by atoms with Crippen LogP contribution in [0.3, 0.4) is 0 Å². The lowest BCUT2D eigenvalue weighted by molar-refractivity contribution is 0.355. The standard InChI is InChI=1S/C13H18FNO/c1-16-13-4-2-3-12(14)11(13)9-10-5-7-15-8-6-10/h2-4,10,15H,5-9H2,1H3. The summed E-state index contributed by atoms with van der Waals surface area (Å²) in [6, 6.07) is 5.04. The molecule has 3 heteroatoms. The summed E-state index contributed by atoms with van der Waals surface area (Å²) >= 11 is 0. The molecule has 1 N–H and O–H groups in total. The van der Waals surface area contributed by atoms with Crippen LogP contribution in [0.15, 0.2) is 18.2 Å². The Hall–Kier alpha value is -1.09. The van der Waals surface area contributed by atoms with Gasteiger partial charge < -0.3 is 10.1 Å². The predicted molar refractivity (Wildman–Crippen MR) is 62.2 cm³/mol. The molecule has 0 aromatic heterocycles. The van der Waals surface area contributed by atoms with Crippen LogP contribution in [-0.2, 0) is 6.42 Å². The van der Waals surface area contributed by atoms with Gasteiger partial charge in [-0.1, -0.05) is 6.07 Å². The smallest absolute Gasteiger partial charge is 0.130 e. The fourth-order valence-electron chi connectivity index (χ4n) is 2.30. The van der Waals surface area contributed by atoms with Gasteiger partial charge in [-0.2, -0.15) is 0 Å². The molecule has 0 bridgehead atoms. The molecule has 0 unspecified atom stereocenters. The average molecular weight is 223 g/mol. The average Bonchev–Trinajstić information content (AvgIpc) is 2.33. The van der Waals surface area contributed by atoms with Crippen molar-refractivity contribution in [1.82, 2.24) is 5.32 Å². The molecule has 1 fully saturated rings. The number of nitrogens with one attached hydrogen (secondary N) is 1. The van der Waals surface area contributed by atoms with Gasteiger partial charge in [-0.05, 0) is 50.4 Å². The van der Waals surface area contributed by atoms with Crippen molar-refractivity contribution in [2.24, 2.45) is 5.92 Å². The molecular formula is C13H18FNO. The zero-order valence-electron chi connectivity index (χ0n) is 9.63. The van der Waals surface area contributed by atoms with Crippen LogP contribution in [0.25, 0.3) is 0 Å². The van der Waals surface area contributed by atoms with E-state index in [1.165, 1.54) is 6.07 Å². The van der Waals surface area contributed by atoms with Crippen LogP contribution in [0, 0.1) is 11.7 Å². The first-order valence-corrected chi connectivity index (χ1v) is 5.83. The quantitative estimate of drug-likeness (QED) is 0.849. The van der Waals surface area contributed by atoms with Crippen LogP contribution >= 0.6 is 0 Å². The van der Waals surface area contributed by atoms with Crippen LogP contribution in [0.4, 0.5) is 4.39 Å². The van der Waals surface area contributed by atoms with Crippen molar-refractivity contribution in [3.63, 3.8) is 0 Å². The third-order valence-corrected chi connectivity index (χ3v) is 3.25. The van der Waals surface area contributed by atoms with Gasteiger partial charge in [-0.25, -0.2) is 4.39 Å². The second-order valence-electron chi connectivity index (χ2n) is 4.32. The Labute approximate surface area is 95.8 Å². The molecule has 1 heterocycles. The van der Waals surface area contributed by atoms with Crippen LogP contribution in [0.1, 0.15) is 18.4 Å². The lowest BCUT2D eigenvalue weighted by atomic mass is 9.90. The molecule has 1 aliphatic rings. The van der Waals surface area contributed by atoms with Crippen molar-refractivity contribution in [2.75, 3.05) is 20.2 Å². The first-order valence-electron chi connectivity index (χ1n) is 5.83. The Kier molecular flexibility index (Phi) is 3.78. The number of halogens is 1. The van der Waals surface area contributed by atoms with Crippen molar-refractivity contribution in [2.45, 2.75) is 19.3 Å². The molecule has 1 aromatic rings. The van der Waals surface area contributed by atoms with Crippen LogP contribution in [-0.4, -0.2) is 20.2 Å². The number of benzene rings is 1. The minimum absolute atomic E-state index is 0.141. The molecule has 1 aliphatic heterocycles. The van der Waals surface area contributed by atoms with E-state index in [1.807, 2.05) is 6.07 Å². The molecule has 0 amide bonds. The number of hydrogen-bond donors (Lipinski definition) is 1. The van der Waals surface area contributed by atoms with E-state index in [4.69, 9.17) is 4.74 Å². The van der Waals surface area contributed by atoms with E-state index < -0.39 is 0 Å². The van der Waals surface area contributed by atoms with Crippen molar-refractivity contribution in [3.05, 3.63) is 29.6 Å². The lowest BCUT2D eigenvalue weighted by Crippen LogP contribution is -2.28. The van der Waals surface area contributed by atoms with Gasteiger partial charge in [-0.3, -0.25) is 0 Å². The monoisotopic (exact) mass is 223 g/mol. The summed E-state index contributed by atoms with van der Waals surface area (Å²) in [6.07, 6.45) is 3.03. The first kappa shape index (κ1) is 11.4. The summed E-state index contributed by atoms with van der Waals surface area (Å²) in [5.41, 5.74) is 0.733. The topological polar surface area (TPSA) is 21.3 Å². The van der Waals surface area contributed by atoms with Gasteiger partial charge in [0, 0.05) is 5.56 Å². The normalized spacial score (nSPS) is 17.4. The maximum atomic E-state index is 13.7. The Morgan fingerprint density at radius 3 is 2.81 bits per heavy atom. The molecule has 1 saturated heterocycles. The zero-order valence-corrected chi connectivity index (χ0v) is 9.63. The Morgan fingerprint density at radius 2 is 2.12 bits per heavy atom. The van der Waals surface area contributed by atoms with E-state index >= 15 is 0 Å². The minimum Gasteiger partial charge on any atom is -0.496 e. The predicted octanol–water partition coefficient (Wildman–Crippen LogP) is 2.38. The number of methoxy groups -OCH3 is 1. The van der Waals surface area contributed by atoms with E-state index in [-0.39, 0.29) is 5.82 Å². The van der Waals surface area contributed by atoms with Crippen molar-refractivity contribution >= 4 is 0 Å². The highest BCUT2D eigenvalue weighted by molar-refractivity contribution is 5.35. The highest BCUT2D eigenvalue weighted by Gasteiger charge is 2.18. The summed E-state index contributed by atoms with van der Waals surface area (Å²) in [5.74, 6) is 1.11. The molecule has 0 radical (unpaired) electrons. The number of ether oxygens (including phenoxy) is 1. The summed E-state index contributed by atoms with van der Waals surface area (Å²) < 4.78 is 18.9. The van der Waals surface area contributed by atoms with Gasteiger partial charge in [0.2, 0.25) is 0 Å². The molecule has 2 rings (SSSR count). The fourth-order valence-corrected chi connectivity index (χ4v) is 2.30. The van der Waals surface area contributed by atoms with Crippen molar-refractivity contribution < 1.29 is 9.13 Å². The van der Waals surface area contributed by atoms with Gasteiger partial charge in [0.1, 0.15) is 11.6 Å². The maximum absolute atomic E-state index is 13.7. The number of rotatable bonds is 3. The molecule has 0 atom stereocenters. The van der Waals surface area contributed by atoms with Gasteiger partial charge >= 0.3 is 0 Å². The van der Waals surface area contributed by atoms with Gasteiger partial charge in [-0.15, -0.1) is 0 Å². The summed E-state index contributed by atoms with van der Waals surface area (Å²) in [5, 5.41) is 3.32. The van der Waals surface area contributed by atoms with Crippen LogP contribution in [0.2, 0.25) is 0 Å². The molecule has 1 aromatic carbocycles. The van der Waals surface area contributed by atoms with E-state index in [0.717, 1.165) is 37.9 Å². The van der Waals surface area contributed by atoms with Crippen LogP contribution < -0.4 is 10.1 Å². The summed E-state index contributed by atoms with van der Waals surface area (Å²) in [4.78, 5) is 0. The second-order valence-corrected chi connectivity index (χ2v) is 4.32. The van der Waals surface area contributed by atoms with Gasteiger partial charge in [0.15, 0.2) is 0 Å². The Morgan fingerprint density at radius 1 is 1.38 bits per heavy atom. The Bertz CT molecular complexity index is 348. The Balaban J connectivity index is 2.12. The van der Waals surface area contributed by atoms with Gasteiger partial charge in [0.25, 0.3) is 0 Å². The van der Waals surface area contributed by atoms with E-state index in [1.54, 1.807) is 13.2 Å². The first-order chi connectivity index (χ1) is 7.81. The summed E-state index contributed by atoms with van der Waals surface area (Å²) in [6.45, 7) is 2.09. The van der Waals surface area contributed by atoms with E-state index in [9.17, 15) is 4.39 Å². The molecule has 0 spiro atoms. The molecule has 16 heavy (non-hydrogen) atoms. The summed E-state index contributed by atoms with van der Waals surface area (Å²) in [7, 11) is 1.60. The highest BCUT2D eigenvalue weighted by atomic mass is 19.1. The largest absolute Gasteiger partial charge is 0.496 e.